The lowest BCUT2D eigenvalue weighted by molar-refractivity contribution is 0.568. The molecule has 0 radical (unpaired) electrons. The van der Waals surface area contributed by atoms with E-state index in [0.717, 1.165) is 11.4 Å². The molecule has 0 amide bonds. The average Bonchev–Trinajstić information content (AvgIpc) is 1.46. The Morgan fingerprint density at radius 3 is 1.34 bits per heavy atom. The fourth-order valence-electron chi connectivity index (χ4n) is 17.6. The zero-order valence-corrected chi connectivity index (χ0v) is 55.9. The average molecular weight is 1210 g/mol. The third-order valence-electron chi connectivity index (χ3n) is 22.2. The molecule has 15 aromatic rings. The second-order valence-corrected chi connectivity index (χ2v) is 31.7. The maximum atomic E-state index is 2.70. The third-order valence-corrected chi connectivity index (χ3v) is 22.2. The zero-order valence-electron chi connectivity index (χ0n) is 55.9. The summed E-state index contributed by atoms with van der Waals surface area (Å²) in [6.07, 6.45) is 0. The summed E-state index contributed by atoms with van der Waals surface area (Å²) in [6.45, 7) is 28.0. The fraction of sp³-hybridized carbons (Fsp3) is 0.191. The van der Waals surface area contributed by atoms with Crippen LogP contribution in [0.5, 0.6) is 0 Å². The Kier molecular flexibility index (Phi) is 11.0. The number of fused-ring (bicyclic) bond motifs is 24. The quantitative estimate of drug-likeness (QED) is 0.161. The van der Waals surface area contributed by atoms with Crippen molar-refractivity contribution in [1.29, 1.82) is 0 Å². The Labute approximate surface area is 551 Å². The van der Waals surface area contributed by atoms with Crippen LogP contribution in [-0.4, -0.2) is 20.4 Å². The van der Waals surface area contributed by atoms with Crippen molar-refractivity contribution in [2.24, 2.45) is 0 Å². The number of para-hydroxylation sites is 3. The third kappa shape index (κ3) is 7.31. The van der Waals surface area contributed by atoms with Gasteiger partial charge in [0.25, 0.3) is 6.71 Å². The van der Waals surface area contributed by atoms with E-state index in [2.05, 4.69) is 338 Å². The molecule has 454 valence electrons. The fourth-order valence-corrected chi connectivity index (χ4v) is 17.6. The van der Waals surface area contributed by atoms with Crippen molar-refractivity contribution in [1.82, 2.24) is 13.7 Å². The number of benzene rings is 12. The van der Waals surface area contributed by atoms with Crippen LogP contribution in [0.25, 0.3) is 105 Å². The molecule has 5 heteroatoms. The highest BCUT2D eigenvalue weighted by atomic mass is 15.2. The molecule has 0 fully saturated rings. The molecule has 2 aliphatic carbocycles. The van der Waals surface area contributed by atoms with Crippen LogP contribution < -0.4 is 21.3 Å². The maximum absolute atomic E-state index is 2.70. The van der Waals surface area contributed by atoms with E-state index in [-0.39, 0.29) is 28.4 Å². The first-order valence-corrected chi connectivity index (χ1v) is 33.9. The molecule has 0 saturated carbocycles. The summed E-state index contributed by atoms with van der Waals surface area (Å²) in [6, 6.07) is 92.8. The number of rotatable bonds is 3. The van der Waals surface area contributed by atoms with Crippen LogP contribution in [0.1, 0.15) is 128 Å². The topological polar surface area (TPSA) is 18.0 Å². The zero-order chi connectivity index (χ0) is 64.0. The lowest BCUT2D eigenvalue weighted by atomic mass is 9.33. The summed E-state index contributed by atoms with van der Waals surface area (Å²) in [5, 5.41) is 7.62. The van der Waals surface area contributed by atoms with Crippen molar-refractivity contribution in [2.75, 3.05) is 4.90 Å². The molecule has 1 spiro atoms. The van der Waals surface area contributed by atoms with Gasteiger partial charge in [-0.3, -0.25) is 0 Å². The first-order valence-electron chi connectivity index (χ1n) is 33.9. The van der Waals surface area contributed by atoms with E-state index >= 15 is 0 Å². The van der Waals surface area contributed by atoms with Crippen molar-refractivity contribution in [2.45, 2.75) is 110 Å². The van der Waals surface area contributed by atoms with E-state index < -0.39 is 5.41 Å². The maximum Gasteiger partial charge on any atom is 0.252 e. The van der Waals surface area contributed by atoms with E-state index in [1.165, 1.54) is 171 Å². The summed E-state index contributed by atoms with van der Waals surface area (Å²) in [7, 11) is 0. The summed E-state index contributed by atoms with van der Waals surface area (Å²) in [5.74, 6) is 0. The molecule has 0 unspecified atom stereocenters. The van der Waals surface area contributed by atoms with Crippen LogP contribution in [-0.2, 0) is 27.1 Å². The van der Waals surface area contributed by atoms with E-state index in [1.54, 1.807) is 0 Å². The normalized spacial score (nSPS) is 14.4. The van der Waals surface area contributed by atoms with Gasteiger partial charge in [-0.25, -0.2) is 0 Å². The summed E-state index contributed by atoms with van der Waals surface area (Å²) in [4.78, 5) is 2.66. The Morgan fingerprint density at radius 1 is 0.287 bits per heavy atom. The summed E-state index contributed by atoms with van der Waals surface area (Å²) in [5.41, 5.74) is 33.5. The van der Waals surface area contributed by atoms with Crippen molar-refractivity contribution < 1.29 is 0 Å². The van der Waals surface area contributed by atoms with Gasteiger partial charge in [0.2, 0.25) is 0 Å². The second kappa shape index (κ2) is 18.6. The van der Waals surface area contributed by atoms with E-state index in [1.807, 2.05) is 0 Å². The molecule has 2 aliphatic heterocycles. The molecule has 0 atom stereocenters. The van der Waals surface area contributed by atoms with Crippen molar-refractivity contribution in [3.05, 3.63) is 281 Å². The SMILES string of the molecule is CC(C)(C)c1cc(-n2c3ccccc3c3cc4c5c(c6ccccc6n5-c5cc(-n6c7ccc(C(C)(C)C)cc7c7cc(C(C)(C)C)ccc76)cc6c5B4c4cc5c(cc4N6c4ccccc4)C4(c6ccccc6-c6ccccc64)c4ccccc4-5)c32)cc(C(C)(C)C)c1. The van der Waals surface area contributed by atoms with Crippen molar-refractivity contribution >= 4 is 106 Å². The molecule has 12 aromatic carbocycles. The highest BCUT2D eigenvalue weighted by Gasteiger charge is 2.54. The minimum absolute atomic E-state index is 0.0444. The smallest absolute Gasteiger partial charge is 0.252 e. The van der Waals surface area contributed by atoms with Crippen LogP contribution in [0.4, 0.5) is 17.1 Å². The van der Waals surface area contributed by atoms with E-state index in [4.69, 9.17) is 0 Å². The van der Waals surface area contributed by atoms with Crippen LogP contribution >= 0.6 is 0 Å². The minimum Gasteiger partial charge on any atom is -0.311 e. The van der Waals surface area contributed by atoms with Gasteiger partial charge in [0.05, 0.1) is 44.2 Å². The molecule has 4 aliphatic rings. The first-order chi connectivity index (χ1) is 45.2. The number of aromatic nitrogens is 3. The molecule has 5 heterocycles. The number of nitrogens with zero attached hydrogens (tertiary/aromatic N) is 4. The minimum atomic E-state index is -0.547. The Bertz CT molecular complexity index is 5710. The summed E-state index contributed by atoms with van der Waals surface area (Å²) < 4.78 is 7.95. The first kappa shape index (κ1) is 55.5. The number of hydrogen-bond acceptors (Lipinski definition) is 1. The monoisotopic (exact) mass is 1210 g/mol. The van der Waals surface area contributed by atoms with Crippen LogP contribution in [0, 0.1) is 0 Å². The number of hydrogen-bond donors (Lipinski definition) is 0. The van der Waals surface area contributed by atoms with Gasteiger partial charge < -0.3 is 18.6 Å². The Morgan fingerprint density at radius 2 is 0.766 bits per heavy atom. The van der Waals surface area contributed by atoms with Gasteiger partial charge >= 0.3 is 0 Å². The van der Waals surface area contributed by atoms with Gasteiger partial charge in [0.1, 0.15) is 0 Å². The Balaban J connectivity index is 1.01. The molecule has 0 N–H and O–H groups in total. The molecule has 19 rings (SSSR count). The van der Waals surface area contributed by atoms with Crippen LogP contribution in [0.2, 0.25) is 0 Å². The lowest BCUT2D eigenvalue weighted by Gasteiger charge is -2.42. The summed E-state index contributed by atoms with van der Waals surface area (Å²) >= 11 is 0. The van der Waals surface area contributed by atoms with Crippen molar-refractivity contribution in [3.63, 3.8) is 0 Å². The molecule has 0 saturated heterocycles. The largest absolute Gasteiger partial charge is 0.311 e. The number of anilines is 3. The Hall–Kier alpha value is -10.1. The highest BCUT2D eigenvalue weighted by Crippen LogP contribution is 2.64. The van der Waals surface area contributed by atoms with Gasteiger partial charge in [-0.05, 0) is 184 Å². The molecular weight excluding hydrogens is 1140 g/mol. The predicted octanol–water partition coefficient (Wildman–Crippen LogP) is 21.1. The van der Waals surface area contributed by atoms with Gasteiger partial charge in [-0.1, -0.05) is 241 Å². The molecule has 0 bridgehead atoms. The van der Waals surface area contributed by atoms with Crippen LogP contribution in [0.15, 0.2) is 237 Å². The lowest BCUT2D eigenvalue weighted by Crippen LogP contribution is -2.60. The standard InChI is InChI=1S/C89H75BN4/c1-85(2,3)52-38-40-76-65(45-52)66-46-53(86(4,5)6)39-41-77(66)92(76)58-47-79-82-80(48-58)94-75-37-25-20-32-63(75)81-83-67(62-31-19-24-36-74(62)93(83)57-43-54(87(7,8)9)42-55(44-57)88(10,11)12)50-73(84(81)94)90(82)72-49-64-61-30-18-23-35-70(61)89(71(64)51-78(72)91(79)56-26-14-13-15-27-56)68-33-21-16-28-59(68)60-29-17-22-34-69(60)89/h13-51H,1-12H3. The molecular formula is C89H75BN4. The predicted molar refractivity (Wildman–Crippen MR) is 400 cm³/mol. The van der Waals surface area contributed by atoms with Crippen molar-refractivity contribution in [3.8, 4) is 39.3 Å². The molecule has 3 aromatic heterocycles. The van der Waals surface area contributed by atoms with E-state index in [9.17, 15) is 0 Å². The molecule has 94 heavy (non-hydrogen) atoms. The van der Waals surface area contributed by atoms with Gasteiger partial charge in [-0.2, -0.15) is 0 Å². The van der Waals surface area contributed by atoms with E-state index in [0.29, 0.717) is 0 Å². The van der Waals surface area contributed by atoms with Crippen LogP contribution in [0.3, 0.4) is 0 Å². The van der Waals surface area contributed by atoms with Gasteiger partial charge in [0, 0.05) is 60.8 Å². The van der Waals surface area contributed by atoms with Gasteiger partial charge in [-0.15, -0.1) is 0 Å². The molecule has 4 nitrogen and oxygen atoms in total. The van der Waals surface area contributed by atoms with Gasteiger partial charge in [0.15, 0.2) is 0 Å². The second-order valence-electron chi connectivity index (χ2n) is 31.7. The highest BCUT2D eigenvalue weighted by molar-refractivity contribution is 7.00.